The molecule has 1 aliphatic rings. The Morgan fingerprint density at radius 1 is 0.865 bits per heavy atom. The Hall–Kier alpha value is -3.71. The molecule has 0 aromatic heterocycles. The first-order chi connectivity index (χ1) is 17.9. The number of carbonyl (C=O) groups excluding carboxylic acids is 2. The van der Waals surface area contributed by atoms with E-state index in [1.807, 2.05) is 67.6 Å². The molecule has 0 radical (unpaired) electrons. The van der Waals surface area contributed by atoms with E-state index in [-0.39, 0.29) is 17.9 Å². The van der Waals surface area contributed by atoms with Gasteiger partial charge in [-0.1, -0.05) is 42.5 Å². The number of hydrogen-bond acceptors (Lipinski definition) is 5. The quantitative estimate of drug-likeness (QED) is 0.405. The number of para-hydroxylation sites is 2. The highest BCUT2D eigenvalue weighted by atomic mass is 35.5. The number of nitrogens with zero attached hydrogens (tertiary/aromatic N) is 2. The zero-order chi connectivity index (χ0) is 26.4. The van der Waals surface area contributed by atoms with E-state index in [0.29, 0.717) is 11.3 Å². The van der Waals surface area contributed by atoms with Crippen LogP contribution in [0.3, 0.4) is 0 Å². The Bertz CT molecular complexity index is 1230. The number of amides is 2. The molecule has 2 amide bonds. The van der Waals surface area contributed by atoms with Gasteiger partial charge in [0.1, 0.15) is 11.1 Å². The summed E-state index contributed by atoms with van der Waals surface area (Å²) >= 11 is 5.94. The monoisotopic (exact) mass is 520 g/mol. The van der Waals surface area contributed by atoms with Gasteiger partial charge in [-0.3, -0.25) is 9.59 Å². The van der Waals surface area contributed by atoms with E-state index in [0.717, 1.165) is 48.9 Å². The topological polar surface area (TPSA) is 73.9 Å². The van der Waals surface area contributed by atoms with Crippen LogP contribution < -0.4 is 25.2 Å². The van der Waals surface area contributed by atoms with Crippen molar-refractivity contribution in [1.82, 2.24) is 5.32 Å². The number of hydrogen-bond donors (Lipinski definition) is 2. The molecule has 194 valence electrons. The van der Waals surface area contributed by atoms with E-state index in [2.05, 4.69) is 26.5 Å². The molecule has 0 bridgehead atoms. The van der Waals surface area contributed by atoms with Crippen molar-refractivity contribution in [2.75, 3.05) is 48.4 Å². The van der Waals surface area contributed by atoms with Gasteiger partial charge in [0.25, 0.3) is 5.91 Å². The SMILES string of the molecule is COc1ccccc1N1CCN(c2ccc(NC(=O)C(C)Cl)cc2C(=O)NC(C)c2ccccc2)CC1. The average Bonchev–Trinajstić information content (AvgIpc) is 2.93. The van der Waals surface area contributed by atoms with Crippen LogP contribution in [0.1, 0.15) is 35.8 Å². The van der Waals surface area contributed by atoms with Crippen molar-refractivity contribution in [3.8, 4) is 5.75 Å². The van der Waals surface area contributed by atoms with Crippen molar-refractivity contribution in [3.63, 3.8) is 0 Å². The Kier molecular flexibility index (Phi) is 8.56. The predicted molar refractivity (Wildman–Crippen MR) is 150 cm³/mol. The van der Waals surface area contributed by atoms with Crippen LogP contribution >= 0.6 is 11.6 Å². The van der Waals surface area contributed by atoms with Crippen LogP contribution in [0.5, 0.6) is 5.75 Å². The molecule has 2 unspecified atom stereocenters. The highest BCUT2D eigenvalue weighted by molar-refractivity contribution is 6.32. The summed E-state index contributed by atoms with van der Waals surface area (Å²) in [5.41, 5.74) is 3.95. The number of carbonyl (C=O) groups is 2. The van der Waals surface area contributed by atoms with Gasteiger partial charge in [0.05, 0.1) is 24.4 Å². The Labute approximate surface area is 223 Å². The molecule has 3 aromatic carbocycles. The van der Waals surface area contributed by atoms with Crippen LogP contribution in [0.2, 0.25) is 0 Å². The van der Waals surface area contributed by atoms with Crippen molar-refractivity contribution in [1.29, 1.82) is 0 Å². The summed E-state index contributed by atoms with van der Waals surface area (Å²) in [5, 5.41) is 5.23. The number of ether oxygens (including phenoxy) is 1. The standard InChI is InChI=1S/C29H33ClN4O3/c1-20(30)28(35)32-23-13-14-25(24(19-23)29(36)31-21(2)22-9-5-4-6-10-22)33-15-17-34(18-16-33)26-11-7-8-12-27(26)37-3/h4-14,19-21H,15-18H2,1-3H3,(H,31,36)(H,32,35). The Morgan fingerprint density at radius 3 is 2.14 bits per heavy atom. The maximum absolute atomic E-state index is 13.5. The number of methoxy groups -OCH3 is 1. The van der Waals surface area contributed by atoms with Gasteiger partial charge in [0.15, 0.2) is 0 Å². The lowest BCUT2D eigenvalue weighted by molar-refractivity contribution is -0.115. The molecule has 7 nitrogen and oxygen atoms in total. The van der Waals surface area contributed by atoms with Crippen LogP contribution in [-0.2, 0) is 4.79 Å². The van der Waals surface area contributed by atoms with Gasteiger partial charge < -0.3 is 25.2 Å². The van der Waals surface area contributed by atoms with Gasteiger partial charge in [-0.15, -0.1) is 11.6 Å². The van der Waals surface area contributed by atoms with Crippen molar-refractivity contribution in [2.45, 2.75) is 25.3 Å². The molecule has 1 heterocycles. The summed E-state index contributed by atoms with van der Waals surface area (Å²) in [6.07, 6.45) is 0. The zero-order valence-corrected chi connectivity index (χ0v) is 22.2. The lowest BCUT2D eigenvalue weighted by Crippen LogP contribution is -2.47. The third kappa shape index (κ3) is 6.35. The van der Waals surface area contributed by atoms with Crippen LogP contribution in [0.25, 0.3) is 0 Å². The second-order valence-electron chi connectivity index (χ2n) is 9.09. The van der Waals surface area contributed by atoms with Crippen LogP contribution in [0.4, 0.5) is 17.1 Å². The highest BCUT2D eigenvalue weighted by Gasteiger charge is 2.25. The lowest BCUT2D eigenvalue weighted by Gasteiger charge is -2.38. The molecule has 1 fully saturated rings. The number of nitrogens with one attached hydrogen (secondary N) is 2. The fourth-order valence-electron chi connectivity index (χ4n) is 4.49. The van der Waals surface area contributed by atoms with Gasteiger partial charge in [-0.05, 0) is 49.7 Å². The third-order valence-corrected chi connectivity index (χ3v) is 6.76. The summed E-state index contributed by atoms with van der Waals surface area (Å²) < 4.78 is 5.54. The first kappa shape index (κ1) is 26.4. The highest BCUT2D eigenvalue weighted by Crippen LogP contribution is 2.31. The normalized spacial score (nSPS) is 15.0. The largest absolute Gasteiger partial charge is 0.495 e. The molecule has 1 aliphatic heterocycles. The molecule has 2 atom stereocenters. The number of piperazine rings is 1. The number of benzene rings is 3. The van der Waals surface area contributed by atoms with Gasteiger partial charge >= 0.3 is 0 Å². The summed E-state index contributed by atoms with van der Waals surface area (Å²) in [5.74, 6) is 0.330. The van der Waals surface area contributed by atoms with Crippen LogP contribution in [0.15, 0.2) is 72.8 Å². The van der Waals surface area contributed by atoms with Crippen molar-refractivity contribution in [2.24, 2.45) is 0 Å². The van der Waals surface area contributed by atoms with Crippen molar-refractivity contribution in [3.05, 3.63) is 83.9 Å². The summed E-state index contributed by atoms with van der Waals surface area (Å²) in [6, 6.07) is 23.1. The van der Waals surface area contributed by atoms with Crippen LogP contribution in [0, 0.1) is 0 Å². The average molecular weight is 521 g/mol. The minimum atomic E-state index is -0.682. The van der Waals surface area contributed by atoms with Crippen molar-refractivity contribution >= 4 is 40.5 Å². The molecule has 0 saturated carbocycles. The molecule has 4 rings (SSSR count). The summed E-state index contributed by atoms with van der Waals surface area (Å²) in [7, 11) is 1.68. The van der Waals surface area contributed by atoms with E-state index in [4.69, 9.17) is 16.3 Å². The molecule has 8 heteroatoms. The number of anilines is 3. The second kappa shape index (κ2) is 12.0. The molecule has 0 aliphatic carbocycles. The number of alkyl halides is 1. The maximum Gasteiger partial charge on any atom is 0.253 e. The molecular formula is C29H33ClN4O3. The molecule has 2 N–H and O–H groups in total. The smallest absolute Gasteiger partial charge is 0.253 e. The van der Waals surface area contributed by atoms with Crippen molar-refractivity contribution < 1.29 is 14.3 Å². The van der Waals surface area contributed by atoms with E-state index >= 15 is 0 Å². The third-order valence-electron chi connectivity index (χ3n) is 6.56. The predicted octanol–water partition coefficient (Wildman–Crippen LogP) is 5.08. The van der Waals surface area contributed by atoms with Gasteiger partial charge in [-0.25, -0.2) is 0 Å². The summed E-state index contributed by atoms with van der Waals surface area (Å²) in [6.45, 7) is 6.60. The van der Waals surface area contributed by atoms with E-state index < -0.39 is 5.38 Å². The lowest BCUT2D eigenvalue weighted by atomic mass is 10.1. The van der Waals surface area contributed by atoms with E-state index in [1.165, 1.54) is 0 Å². The fourth-order valence-corrected chi connectivity index (χ4v) is 4.55. The first-order valence-corrected chi connectivity index (χ1v) is 12.9. The van der Waals surface area contributed by atoms with Crippen LogP contribution in [-0.4, -0.2) is 50.5 Å². The zero-order valence-electron chi connectivity index (χ0n) is 21.4. The minimum Gasteiger partial charge on any atom is -0.495 e. The van der Waals surface area contributed by atoms with E-state index in [1.54, 1.807) is 20.1 Å². The second-order valence-corrected chi connectivity index (χ2v) is 9.74. The number of halogens is 1. The summed E-state index contributed by atoms with van der Waals surface area (Å²) in [4.78, 5) is 30.2. The minimum absolute atomic E-state index is 0.176. The van der Waals surface area contributed by atoms with Gasteiger partial charge in [0.2, 0.25) is 5.91 Å². The maximum atomic E-state index is 13.5. The van der Waals surface area contributed by atoms with E-state index in [9.17, 15) is 9.59 Å². The molecular weight excluding hydrogens is 488 g/mol. The van der Waals surface area contributed by atoms with Gasteiger partial charge in [0, 0.05) is 37.6 Å². The first-order valence-electron chi connectivity index (χ1n) is 12.4. The molecule has 0 spiro atoms. The Morgan fingerprint density at radius 2 is 1.49 bits per heavy atom. The Balaban J connectivity index is 1.56. The number of rotatable bonds is 8. The molecule has 1 saturated heterocycles. The molecule has 37 heavy (non-hydrogen) atoms. The fraction of sp³-hybridized carbons (Fsp3) is 0.310. The van der Waals surface area contributed by atoms with Gasteiger partial charge in [-0.2, -0.15) is 0 Å². The molecule has 3 aromatic rings.